The maximum absolute atomic E-state index is 4.83. The van der Waals surface area contributed by atoms with Gasteiger partial charge in [0.2, 0.25) is 0 Å². The third-order valence-electron chi connectivity index (χ3n) is 4.28. The Morgan fingerprint density at radius 1 is 0.880 bits per heavy atom. The zero-order valence-corrected chi connectivity index (χ0v) is 14.6. The molecule has 0 aliphatic carbocycles. The molecule has 0 spiro atoms. The van der Waals surface area contributed by atoms with Gasteiger partial charge < -0.3 is 5.32 Å². The maximum Gasteiger partial charge on any atom is 0.161 e. The Kier molecular flexibility index (Phi) is 3.73. The van der Waals surface area contributed by atoms with Gasteiger partial charge in [-0.2, -0.15) is 9.61 Å². The molecule has 2 aromatic heterocycles. The van der Waals surface area contributed by atoms with Crippen LogP contribution < -0.4 is 5.32 Å². The molecular formula is C21H20N4. The summed E-state index contributed by atoms with van der Waals surface area (Å²) in [5.41, 5.74) is 7.26. The van der Waals surface area contributed by atoms with Crippen molar-refractivity contribution in [2.45, 2.75) is 20.8 Å². The van der Waals surface area contributed by atoms with Crippen LogP contribution in [0.15, 0.2) is 60.7 Å². The third kappa shape index (κ3) is 2.87. The first-order valence-corrected chi connectivity index (χ1v) is 8.38. The Labute approximate surface area is 147 Å². The lowest BCUT2D eigenvalue weighted by Gasteiger charge is -2.10. The highest BCUT2D eigenvalue weighted by Crippen LogP contribution is 2.27. The third-order valence-corrected chi connectivity index (χ3v) is 4.28. The van der Waals surface area contributed by atoms with Crippen LogP contribution in [0, 0.1) is 20.8 Å². The number of rotatable bonds is 3. The molecule has 0 atom stereocenters. The van der Waals surface area contributed by atoms with Crippen molar-refractivity contribution >= 4 is 17.2 Å². The van der Waals surface area contributed by atoms with Gasteiger partial charge in [-0.3, -0.25) is 0 Å². The SMILES string of the molecule is Cc1cccc(Nc2cc(C)nc3c(C)c(-c4ccccc4)nn23)c1. The number of fused-ring (bicyclic) bond motifs is 1. The lowest BCUT2D eigenvalue weighted by Crippen LogP contribution is -2.02. The average molecular weight is 328 g/mol. The Hall–Kier alpha value is -3.14. The molecule has 0 fully saturated rings. The van der Waals surface area contributed by atoms with E-state index in [0.717, 1.165) is 39.7 Å². The van der Waals surface area contributed by atoms with E-state index in [9.17, 15) is 0 Å². The van der Waals surface area contributed by atoms with Crippen LogP contribution in [0.4, 0.5) is 11.5 Å². The van der Waals surface area contributed by atoms with Crippen LogP contribution in [0.2, 0.25) is 0 Å². The smallest absolute Gasteiger partial charge is 0.161 e. The van der Waals surface area contributed by atoms with Crippen molar-refractivity contribution in [2.75, 3.05) is 5.32 Å². The lowest BCUT2D eigenvalue weighted by molar-refractivity contribution is 0.941. The number of nitrogens with zero attached hydrogens (tertiary/aromatic N) is 3. The topological polar surface area (TPSA) is 42.2 Å². The van der Waals surface area contributed by atoms with Gasteiger partial charge in [0.1, 0.15) is 5.82 Å². The second-order valence-corrected chi connectivity index (χ2v) is 6.35. The van der Waals surface area contributed by atoms with Crippen molar-refractivity contribution in [1.29, 1.82) is 0 Å². The molecule has 0 aliphatic rings. The molecule has 124 valence electrons. The summed E-state index contributed by atoms with van der Waals surface area (Å²) in [6.07, 6.45) is 0. The Morgan fingerprint density at radius 2 is 1.68 bits per heavy atom. The number of aryl methyl sites for hydroxylation is 3. The van der Waals surface area contributed by atoms with Crippen molar-refractivity contribution in [2.24, 2.45) is 0 Å². The first-order valence-electron chi connectivity index (χ1n) is 8.38. The number of hydrogen-bond donors (Lipinski definition) is 1. The molecule has 1 N–H and O–H groups in total. The summed E-state index contributed by atoms with van der Waals surface area (Å²) in [5.74, 6) is 0.915. The minimum absolute atomic E-state index is 0.883. The molecule has 2 heterocycles. The van der Waals surface area contributed by atoms with Crippen molar-refractivity contribution < 1.29 is 0 Å². The van der Waals surface area contributed by atoms with Crippen molar-refractivity contribution in [3.8, 4) is 11.3 Å². The van der Waals surface area contributed by atoms with Gasteiger partial charge in [-0.15, -0.1) is 0 Å². The first kappa shape index (κ1) is 15.4. The second-order valence-electron chi connectivity index (χ2n) is 6.35. The van der Waals surface area contributed by atoms with Crippen LogP contribution in [0.25, 0.3) is 16.9 Å². The molecule has 0 saturated heterocycles. The van der Waals surface area contributed by atoms with Gasteiger partial charge in [-0.05, 0) is 38.5 Å². The standard InChI is InChI=1S/C21H20N4/c1-14-8-7-11-18(12-14)23-19-13-15(2)22-21-16(3)20(24-25(19)21)17-9-5-4-6-10-17/h4-13,23H,1-3H3. The number of benzene rings is 2. The fraction of sp³-hybridized carbons (Fsp3) is 0.143. The van der Waals surface area contributed by atoms with E-state index in [0.29, 0.717) is 0 Å². The van der Waals surface area contributed by atoms with Gasteiger partial charge >= 0.3 is 0 Å². The van der Waals surface area contributed by atoms with Crippen molar-refractivity contribution in [3.63, 3.8) is 0 Å². The van der Waals surface area contributed by atoms with Crippen LogP contribution in [0.3, 0.4) is 0 Å². The number of nitrogens with one attached hydrogen (secondary N) is 1. The minimum atomic E-state index is 0.883. The highest BCUT2D eigenvalue weighted by Gasteiger charge is 2.15. The van der Waals surface area contributed by atoms with Crippen LogP contribution in [0.1, 0.15) is 16.8 Å². The molecule has 0 amide bonds. The van der Waals surface area contributed by atoms with Crippen LogP contribution in [-0.2, 0) is 0 Å². The molecular weight excluding hydrogens is 308 g/mol. The van der Waals surface area contributed by atoms with E-state index in [-0.39, 0.29) is 0 Å². The minimum Gasteiger partial charge on any atom is -0.340 e. The molecule has 4 heteroatoms. The van der Waals surface area contributed by atoms with Crippen LogP contribution >= 0.6 is 0 Å². The van der Waals surface area contributed by atoms with E-state index >= 15 is 0 Å². The van der Waals surface area contributed by atoms with Gasteiger partial charge in [-0.25, -0.2) is 4.98 Å². The van der Waals surface area contributed by atoms with Crippen molar-refractivity contribution in [3.05, 3.63) is 77.5 Å². The molecule has 2 aromatic carbocycles. The predicted molar refractivity (Wildman–Crippen MR) is 102 cm³/mol. The summed E-state index contributed by atoms with van der Waals surface area (Å²) in [5, 5.41) is 8.31. The summed E-state index contributed by atoms with van der Waals surface area (Å²) in [4.78, 5) is 4.70. The molecule has 4 aromatic rings. The Bertz CT molecular complexity index is 1050. The molecule has 4 nitrogen and oxygen atoms in total. The van der Waals surface area contributed by atoms with E-state index in [1.807, 2.05) is 41.8 Å². The van der Waals surface area contributed by atoms with Gasteiger partial charge in [-0.1, -0.05) is 42.5 Å². The molecule has 0 saturated carbocycles. The number of aromatic nitrogens is 3. The van der Waals surface area contributed by atoms with E-state index in [4.69, 9.17) is 10.1 Å². The van der Waals surface area contributed by atoms with E-state index in [1.54, 1.807) is 0 Å². The monoisotopic (exact) mass is 328 g/mol. The van der Waals surface area contributed by atoms with Crippen molar-refractivity contribution in [1.82, 2.24) is 14.6 Å². The van der Waals surface area contributed by atoms with E-state index < -0.39 is 0 Å². The fourth-order valence-electron chi connectivity index (χ4n) is 3.07. The largest absolute Gasteiger partial charge is 0.340 e. The molecule has 4 rings (SSSR count). The van der Waals surface area contributed by atoms with Gasteiger partial charge in [0.25, 0.3) is 0 Å². The number of anilines is 2. The molecule has 0 unspecified atom stereocenters. The summed E-state index contributed by atoms with van der Waals surface area (Å²) in [6, 6.07) is 20.6. The zero-order valence-electron chi connectivity index (χ0n) is 14.6. The van der Waals surface area contributed by atoms with Gasteiger partial charge in [0.05, 0.1) is 5.69 Å². The van der Waals surface area contributed by atoms with Crippen LogP contribution in [-0.4, -0.2) is 14.6 Å². The fourth-order valence-corrected chi connectivity index (χ4v) is 3.07. The summed E-state index contributed by atoms with van der Waals surface area (Å²) < 4.78 is 1.90. The van der Waals surface area contributed by atoms with Gasteiger partial charge in [0, 0.05) is 28.6 Å². The quantitative estimate of drug-likeness (QED) is 0.571. The summed E-state index contributed by atoms with van der Waals surface area (Å²) in [6.45, 7) is 6.17. The molecule has 0 radical (unpaired) electrons. The zero-order chi connectivity index (χ0) is 17.4. The van der Waals surface area contributed by atoms with E-state index in [1.165, 1.54) is 5.56 Å². The lowest BCUT2D eigenvalue weighted by atomic mass is 10.1. The maximum atomic E-state index is 4.83. The molecule has 0 aliphatic heterocycles. The molecule has 25 heavy (non-hydrogen) atoms. The summed E-state index contributed by atoms with van der Waals surface area (Å²) in [7, 11) is 0. The first-order chi connectivity index (χ1) is 12.1. The van der Waals surface area contributed by atoms with E-state index in [2.05, 4.69) is 49.5 Å². The van der Waals surface area contributed by atoms with Crippen LogP contribution in [0.5, 0.6) is 0 Å². The van der Waals surface area contributed by atoms with Gasteiger partial charge in [0.15, 0.2) is 5.65 Å². The second kappa shape index (κ2) is 6.06. The Balaban J connectivity index is 1.87. The normalized spacial score (nSPS) is 11.0. The highest BCUT2D eigenvalue weighted by molar-refractivity contribution is 5.72. The molecule has 0 bridgehead atoms. The predicted octanol–water partition coefficient (Wildman–Crippen LogP) is 5.07. The highest BCUT2D eigenvalue weighted by atomic mass is 15.3. The Morgan fingerprint density at radius 3 is 2.44 bits per heavy atom. The average Bonchev–Trinajstić information content (AvgIpc) is 2.93. The number of hydrogen-bond acceptors (Lipinski definition) is 3. The summed E-state index contributed by atoms with van der Waals surface area (Å²) >= 11 is 0.